The molecule has 9 heteroatoms. The average Bonchev–Trinajstić information content (AvgIpc) is 3.45. The fourth-order valence-electron chi connectivity index (χ4n) is 4.57. The van der Waals surface area contributed by atoms with E-state index in [1.165, 1.54) is 23.4 Å². The first-order valence-electron chi connectivity index (χ1n) is 10.4. The van der Waals surface area contributed by atoms with Crippen LogP contribution in [0.15, 0.2) is 29.2 Å². The van der Waals surface area contributed by atoms with E-state index in [9.17, 15) is 13.2 Å². The van der Waals surface area contributed by atoms with Crippen LogP contribution in [0.5, 0.6) is 5.75 Å². The van der Waals surface area contributed by atoms with Gasteiger partial charge in [-0.1, -0.05) is 12.8 Å². The van der Waals surface area contributed by atoms with Crippen LogP contribution < -0.4 is 10.5 Å². The van der Waals surface area contributed by atoms with Gasteiger partial charge >= 0.3 is 0 Å². The number of carbonyl (C=O) groups excluding carboxylic acids is 1. The zero-order valence-corrected chi connectivity index (χ0v) is 18.0. The molecule has 0 unspecified atom stereocenters. The Morgan fingerprint density at radius 3 is 2.57 bits per heavy atom. The average molecular weight is 433 g/mol. The second kappa shape index (κ2) is 8.39. The van der Waals surface area contributed by atoms with Crippen molar-refractivity contribution in [1.82, 2.24) is 14.1 Å². The van der Waals surface area contributed by atoms with Crippen molar-refractivity contribution in [2.45, 2.75) is 62.4 Å². The minimum absolute atomic E-state index is 0.0140. The third-order valence-electron chi connectivity index (χ3n) is 6.05. The Morgan fingerprint density at radius 1 is 1.20 bits per heavy atom. The van der Waals surface area contributed by atoms with Gasteiger partial charge in [0.1, 0.15) is 5.75 Å². The van der Waals surface area contributed by atoms with Crippen molar-refractivity contribution in [3.8, 4) is 5.75 Å². The van der Waals surface area contributed by atoms with E-state index in [2.05, 4.69) is 5.10 Å². The van der Waals surface area contributed by atoms with E-state index in [-0.39, 0.29) is 17.5 Å². The van der Waals surface area contributed by atoms with E-state index < -0.39 is 15.9 Å². The SMILES string of the molecule is Cn1nc(CN(C2CCCC2)S(=O)(=O)c2ccc(OCC(N)=O)cc2)c2c1CCC2. The first-order chi connectivity index (χ1) is 14.4. The number of amides is 1. The summed E-state index contributed by atoms with van der Waals surface area (Å²) in [5.41, 5.74) is 8.41. The summed E-state index contributed by atoms with van der Waals surface area (Å²) in [4.78, 5) is 11.1. The van der Waals surface area contributed by atoms with Crippen LogP contribution in [0, 0.1) is 0 Å². The molecule has 2 aromatic rings. The fraction of sp³-hybridized carbons (Fsp3) is 0.524. The Bertz CT molecular complexity index is 1020. The summed E-state index contributed by atoms with van der Waals surface area (Å²) in [6.45, 7) is 0.0567. The van der Waals surface area contributed by atoms with Crippen LogP contribution in [-0.4, -0.2) is 41.1 Å². The molecule has 1 saturated carbocycles. The number of aromatic nitrogens is 2. The summed E-state index contributed by atoms with van der Waals surface area (Å²) in [6.07, 6.45) is 6.87. The highest BCUT2D eigenvalue weighted by Crippen LogP contribution is 2.33. The molecule has 2 N–H and O–H groups in total. The van der Waals surface area contributed by atoms with E-state index in [0.717, 1.165) is 50.6 Å². The van der Waals surface area contributed by atoms with Gasteiger partial charge in [-0.15, -0.1) is 0 Å². The van der Waals surface area contributed by atoms with Gasteiger partial charge in [-0.05, 0) is 61.9 Å². The number of hydrogen-bond donors (Lipinski definition) is 1. The predicted octanol–water partition coefficient (Wildman–Crippen LogP) is 1.91. The number of hydrogen-bond acceptors (Lipinski definition) is 5. The molecule has 1 heterocycles. The molecule has 1 aromatic heterocycles. The number of primary amides is 1. The van der Waals surface area contributed by atoms with E-state index in [0.29, 0.717) is 12.3 Å². The van der Waals surface area contributed by atoms with E-state index in [1.54, 1.807) is 16.4 Å². The number of carbonyl (C=O) groups is 1. The number of ether oxygens (including phenoxy) is 1. The Kier molecular flexibility index (Phi) is 5.84. The molecule has 0 spiro atoms. The topological polar surface area (TPSA) is 108 Å². The van der Waals surface area contributed by atoms with Gasteiger partial charge in [0.05, 0.1) is 17.1 Å². The van der Waals surface area contributed by atoms with Crippen LogP contribution in [0.2, 0.25) is 0 Å². The molecular weight excluding hydrogens is 404 g/mol. The van der Waals surface area contributed by atoms with Gasteiger partial charge in [0, 0.05) is 18.8 Å². The third kappa shape index (κ3) is 4.09. The molecule has 1 fully saturated rings. The van der Waals surface area contributed by atoms with Gasteiger partial charge in [-0.2, -0.15) is 9.40 Å². The first kappa shape index (κ1) is 20.9. The van der Waals surface area contributed by atoms with Crippen molar-refractivity contribution >= 4 is 15.9 Å². The van der Waals surface area contributed by atoms with Gasteiger partial charge in [0.15, 0.2) is 6.61 Å². The zero-order chi connectivity index (χ0) is 21.3. The number of sulfonamides is 1. The van der Waals surface area contributed by atoms with Gasteiger partial charge in [-0.25, -0.2) is 8.42 Å². The van der Waals surface area contributed by atoms with E-state index in [4.69, 9.17) is 10.5 Å². The van der Waals surface area contributed by atoms with Crippen molar-refractivity contribution in [2.24, 2.45) is 12.8 Å². The molecule has 1 amide bonds. The smallest absolute Gasteiger partial charge is 0.255 e. The minimum atomic E-state index is -3.70. The quantitative estimate of drug-likeness (QED) is 0.686. The number of nitrogens with two attached hydrogens (primary N) is 1. The Labute approximate surface area is 177 Å². The molecule has 30 heavy (non-hydrogen) atoms. The van der Waals surface area contributed by atoms with Crippen molar-refractivity contribution in [3.05, 3.63) is 41.2 Å². The molecule has 162 valence electrons. The highest BCUT2D eigenvalue weighted by atomic mass is 32.2. The highest BCUT2D eigenvalue weighted by molar-refractivity contribution is 7.89. The lowest BCUT2D eigenvalue weighted by Gasteiger charge is -2.28. The van der Waals surface area contributed by atoms with Gasteiger partial charge in [0.2, 0.25) is 10.0 Å². The Morgan fingerprint density at radius 2 is 1.90 bits per heavy atom. The molecule has 4 rings (SSSR count). The summed E-state index contributed by atoms with van der Waals surface area (Å²) in [7, 11) is -1.76. The second-order valence-corrected chi connectivity index (χ2v) is 9.95. The summed E-state index contributed by atoms with van der Waals surface area (Å²) in [5, 5.41) is 4.65. The number of rotatable bonds is 8. The molecule has 2 aliphatic rings. The van der Waals surface area contributed by atoms with E-state index in [1.807, 2.05) is 11.7 Å². The van der Waals surface area contributed by atoms with Crippen LogP contribution in [0.4, 0.5) is 0 Å². The van der Waals surface area contributed by atoms with Crippen LogP contribution in [0.25, 0.3) is 0 Å². The van der Waals surface area contributed by atoms with Crippen LogP contribution >= 0.6 is 0 Å². The Hall–Kier alpha value is -2.39. The summed E-state index contributed by atoms with van der Waals surface area (Å²) in [5.74, 6) is -0.176. The van der Waals surface area contributed by atoms with Crippen molar-refractivity contribution in [1.29, 1.82) is 0 Å². The van der Waals surface area contributed by atoms with Crippen molar-refractivity contribution < 1.29 is 17.9 Å². The largest absolute Gasteiger partial charge is 0.484 e. The maximum Gasteiger partial charge on any atom is 0.255 e. The number of benzene rings is 1. The van der Waals surface area contributed by atoms with Crippen LogP contribution in [0.1, 0.15) is 49.1 Å². The number of aryl methyl sites for hydroxylation is 1. The molecule has 2 aliphatic carbocycles. The molecule has 0 saturated heterocycles. The predicted molar refractivity (Wildman–Crippen MR) is 111 cm³/mol. The van der Waals surface area contributed by atoms with Crippen LogP contribution in [-0.2, 0) is 41.3 Å². The van der Waals surface area contributed by atoms with Crippen LogP contribution in [0.3, 0.4) is 0 Å². The monoisotopic (exact) mass is 432 g/mol. The standard InChI is InChI=1S/C21H28N4O4S/c1-24-20-8-4-7-18(20)19(23-24)13-25(15-5-2-3-6-15)30(27,28)17-11-9-16(10-12-17)29-14-21(22)26/h9-12,15H,2-8,13-14H2,1H3,(H2,22,26). The maximum absolute atomic E-state index is 13.6. The third-order valence-corrected chi connectivity index (χ3v) is 7.96. The summed E-state index contributed by atoms with van der Waals surface area (Å²) in [6, 6.07) is 6.15. The summed E-state index contributed by atoms with van der Waals surface area (Å²) >= 11 is 0. The molecule has 8 nitrogen and oxygen atoms in total. The van der Waals surface area contributed by atoms with Gasteiger partial charge < -0.3 is 10.5 Å². The normalized spacial score (nSPS) is 16.9. The first-order valence-corrected chi connectivity index (χ1v) is 11.9. The molecule has 0 atom stereocenters. The van der Waals surface area contributed by atoms with Crippen molar-refractivity contribution in [3.63, 3.8) is 0 Å². The number of fused-ring (bicyclic) bond motifs is 1. The number of nitrogens with zero attached hydrogens (tertiary/aromatic N) is 3. The second-order valence-electron chi connectivity index (χ2n) is 8.06. The highest BCUT2D eigenvalue weighted by Gasteiger charge is 2.35. The molecule has 0 radical (unpaired) electrons. The lowest BCUT2D eigenvalue weighted by molar-refractivity contribution is -0.119. The summed E-state index contributed by atoms with van der Waals surface area (Å²) < 4.78 is 36.0. The zero-order valence-electron chi connectivity index (χ0n) is 17.2. The van der Waals surface area contributed by atoms with Gasteiger partial charge in [0.25, 0.3) is 5.91 Å². The minimum Gasteiger partial charge on any atom is -0.484 e. The fourth-order valence-corrected chi connectivity index (χ4v) is 6.22. The van der Waals surface area contributed by atoms with Gasteiger partial charge in [-0.3, -0.25) is 9.48 Å². The molecule has 0 aliphatic heterocycles. The van der Waals surface area contributed by atoms with Crippen molar-refractivity contribution in [2.75, 3.05) is 6.61 Å². The lowest BCUT2D eigenvalue weighted by Crippen LogP contribution is -2.38. The van der Waals surface area contributed by atoms with E-state index >= 15 is 0 Å². The Balaban J connectivity index is 1.61. The molecular formula is C21H28N4O4S. The lowest BCUT2D eigenvalue weighted by atomic mass is 10.2. The molecule has 0 bridgehead atoms. The molecule has 1 aromatic carbocycles. The maximum atomic E-state index is 13.6.